The summed E-state index contributed by atoms with van der Waals surface area (Å²) >= 11 is 4.97. The number of carbonyl (C=O) groups is 1. The number of thioether (sulfide) groups is 2. The molecule has 2 heterocycles. The molecule has 0 fully saturated rings. The van der Waals surface area contributed by atoms with E-state index in [1.165, 1.54) is 9.79 Å². The van der Waals surface area contributed by atoms with Crippen molar-refractivity contribution in [3.8, 4) is 0 Å². The minimum Gasteiger partial charge on any atom is -0.284 e. The van der Waals surface area contributed by atoms with E-state index >= 15 is 0 Å². The molecule has 0 atom stereocenters. The number of anilines is 1. The highest BCUT2D eigenvalue weighted by Crippen LogP contribution is 2.33. The fourth-order valence-electron chi connectivity index (χ4n) is 2.98. The fourth-order valence-corrected chi connectivity index (χ4v) is 5.38. The normalized spacial score (nSPS) is 11.0. The van der Waals surface area contributed by atoms with Gasteiger partial charge in [0, 0.05) is 34.4 Å². The number of thiazole rings is 1. The lowest BCUT2D eigenvalue weighted by Crippen LogP contribution is -2.30. The van der Waals surface area contributed by atoms with Crippen molar-refractivity contribution < 1.29 is 4.79 Å². The molecule has 0 aliphatic rings. The van der Waals surface area contributed by atoms with Gasteiger partial charge in [-0.15, -0.1) is 23.5 Å². The molecule has 0 N–H and O–H groups in total. The summed E-state index contributed by atoms with van der Waals surface area (Å²) in [6.07, 6.45) is 6.06. The highest BCUT2D eigenvalue weighted by molar-refractivity contribution is 7.99. The predicted octanol–water partition coefficient (Wildman–Crippen LogP) is 6.13. The SMILES string of the molecule is CSc1ccc2nc(N(Cc3cccnc3)C(=O)CCSc3ccccc3)sc2c1. The third-order valence-corrected chi connectivity index (χ3v) is 7.29. The second kappa shape index (κ2) is 10.1. The Balaban J connectivity index is 1.55. The van der Waals surface area contributed by atoms with Crippen LogP contribution in [0.2, 0.25) is 0 Å². The van der Waals surface area contributed by atoms with Crippen LogP contribution >= 0.6 is 34.9 Å². The van der Waals surface area contributed by atoms with Crippen LogP contribution in [-0.2, 0) is 11.3 Å². The highest BCUT2D eigenvalue weighted by Gasteiger charge is 2.20. The number of rotatable bonds is 8. The zero-order chi connectivity index (χ0) is 20.8. The third-order valence-electron chi connectivity index (χ3n) is 4.51. The van der Waals surface area contributed by atoms with Crippen molar-refractivity contribution in [2.75, 3.05) is 16.9 Å². The van der Waals surface area contributed by atoms with E-state index in [0.717, 1.165) is 26.7 Å². The number of fused-ring (bicyclic) bond motifs is 1. The Morgan fingerprint density at radius 2 is 1.93 bits per heavy atom. The van der Waals surface area contributed by atoms with Gasteiger partial charge in [0.15, 0.2) is 5.13 Å². The van der Waals surface area contributed by atoms with E-state index in [0.29, 0.717) is 13.0 Å². The Labute approximate surface area is 188 Å². The lowest BCUT2D eigenvalue weighted by molar-refractivity contribution is -0.118. The van der Waals surface area contributed by atoms with Gasteiger partial charge in [-0.2, -0.15) is 0 Å². The Kier molecular flexibility index (Phi) is 7.04. The molecule has 2 aromatic carbocycles. The Bertz CT molecular complexity index is 1120. The molecular formula is C23H21N3OS3. The molecule has 0 aliphatic heterocycles. The molecule has 7 heteroatoms. The average Bonchev–Trinajstić information content (AvgIpc) is 3.21. The number of aromatic nitrogens is 2. The molecule has 2 aromatic heterocycles. The van der Waals surface area contributed by atoms with Gasteiger partial charge in [-0.3, -0.25) is 14.7 Å². The number of amides is 1. The van der Waals surface area contributed by atoms with Gasteiger partial charge in [0.05, 0.1) is 16.8 Å². The molecule has 0 saturated heterocycles. The van der Waals surface area contributed by atoms with Gasteiger partial charge in [0.25, 0.3) is 0 Å². The molecule has 0 bridgehead atoms. The summed E-state index contributed by atoms with van der Waals surface area (Å²) in [5.74, 6) is 0.805. The first-order chi connectivity index (χ1) is 14.7. The molecular weight excluding hydrogens is 430 g/mol. The van der Waals surface area contributed by atoms with Crippen LogP contribution in [0.15, 0.2) is 82.8 Å². The highest BCUT2D eigenvalue weighted by atomic mass is 32.2. The first kappa shape index (κ1) is 20.9. The third kappa shape index (κ3) is 5.22. The Morgan fingerprint density at radius 3 is 2.70 bits per heavy atom. The molecule has 0 unspecified atom stereocenters. The lowest BCUT2D eigenvalue weighted by atomic mass is 10.2. The first-order valence-electron chi connectivity index (χ1n) is 9.54. The van der Waals surface area contributed by atoms with E-state index in [4.69, 9.17) is 4.98 Å². The van der Waals surface area contributed by atoms with Crippen molar-refractivity contribution in [3.05, 3.63) is 78.6 Å². The van der Waals surface area contributed by atoms with Crippen LogP contribution in [0.3, 0.4) is 0 Å². The zero-order valence-electron chi connectivity index (χ0n) is 16.5. The monoisotopic (exact) mass is 451 g/mol. The smallest absolute Gasteiger partial charge is 0.229 e. The molecule has 1 amide bonds. The van der Waals surface area contributed by atoms with E-state index < -0.39 is 0 Å². The average molecular weight is 452 g/mol. The number of hydrogen-bond acceptors (Lipinski definition) is 6. The van der Waals surface area contributed by atoms with Crippen LogP contribution in [0.4, 0.5) is 5.13 Å². The molecule has 0 aliphatic carbocycles. The van der Waals surface area contributed by atoms with E-state index in [2.05, 4.69) is 35.5 Å². The van der Waals surface area contributed by atoms with Crippen LogP contribution in [0.25, 0.3) is 10.2 Å². The minimum atomic E-state index is 0.0754. The van der Waals surface area contributed by atoms with Crippen molar-refractivity contribution in [3.63, 3.8) is 0 Å². The molecule has 4 rings (SSSR count). The van der Waals surface area contributed by atoms with Crippen LogP contribution in [-0.4, -0.2) is 27.9 Å². The standard InChI is InChI=1S/C23H21N3OS3/c1-28-19-9-10-20-21(14-19)30-23(25-20)26(16-17-6-5-12-24-15-17)22(27)11-13-29-18-7-3-2-4-8-18/h2-10,12,14-15H,11,13,16H2,1H3. The zero-order valence-corrected chi connectivity index (χ0v) is 19.0. The first-order valence-corrected chi connectivity index (χ1v) is 12.6. The van der Waals surface area contributed by atoms with E-state index in [1.807, 2.05) is 36.4 Å². The van der Waals surface area contributed by atoms with Gasteiger partial charge in [-0.25, -0.2) is 4.98 Å². The van der Waals surface area contributed by atoms with Gasteiger partial charge in [0.2, 0.25) is 5.91 Å². The summed E-state index contributed by atoms with van der Waals surface area (Å²) in [6.45, 7) is 0.470. The van der Waals surface area contributed by atoms with E-state index in [9.17, 15) is 4.79 Å². The number of benzene rings is 2. The number of hydrogen-bond donors (Lipinski definition) is 0. The second-order valence-electron chi connectivity index (χ2n) is 6.58. The summed E-state index contributed by atoms with van der Waals surface area (Å²) < 4.78 is 1.10. The molecule has 4 nitrogen and oxygen atoms in total. The van der Waals surface area contributed by atoms with E-state index in [1.54, 1.807) is 52.2 Å². The molecule has 0 radical (unpaired) electrons. The Hall–Kier alpha value is -2.35. The van der Waals surface area contributed by atoms with Crippen molar-refractivity contribution >= 4 is 56.1 Å². The molecule has 152 valence electrons. The lowest BCUT2D eigenvalue weighted by Gasteiger charge is -2.20. The second-order valence-corrected chi connectivity index (χ2v) is 9.64. The maximum Gasteiger partial charge on any atom is 0.229 e. The summed E-state index contributed by atoms with van der Waals surface area (Å²) in [5, 5.41) is 0.738. The summed E-state index contributed by atoms with van der Waals surface area (Å²) in [4.78, 5) is 26.3. The topological polar surface area (TPSA) is 46.1 Å². The van der Waals surface area contributed by atoms with Crippen LogP contribution in [0.5, 0.6) is 0 Å². The predicted molar refractivity (Wildman–Crippen MR) is 129 cm³/mol. The molecule has 0 spiro atoms. The largest absolute Gasteiger partial charge is 0.284 e. The minimum absolute atomic E-state index is 0.0754. The Morgan fingerprint density at radius 1 is 1.07 bits per heavy atom. The van der Waals surface area contributed by atoms with Gasteiger partial charge in [-0.1, -0.05) is 35.6 Å². The quantitative estimate of drug-likeness (QED) is 0.302. The number of carbonyl (C=O) groups excluding carboxylic acids is 1. The fraction of sp³-hybridized carbons (Fsp3) is 0.174. The number of pyridine rings is 1. The maximum atomic E-state index is 13.2. The summed E-state index contributed by atoms with van der Waals surface area (Å²) in [6, 6.07) is 20.3. The number of nitrogens with zero attached hydrogens (tertiary/aromatic N) is 3. The molecule has 4 aromatic rings. The van der Waals surface area contributed by atoms with Crippen molar-refractivity contribution in [1.29, 1.82) is 0 Å². The van der Waals surface area contributed by atoms with Gasteiger partial charge < -0.3 is 0 Å². The van der Waals surface area contributed by atoms with Gasteiger partial charge >= 0.3 is 0 Å². The van der Waals surface area contributed by atoms with Crippen molar-refractivity contribution in [2.24, 2.45) is 0 Å². The van der Waals surface area contributed by atoms with Gasteiger partial charge in [-0.05, 0) is 48.2 Å². The van der Waals surface area contributed by atoms with Crippen molar-refractivity contribution in [2.45, 2.75) is 22.8 Å². The van der Waals surface area contributed by atoms with E-state index in [-0.39, 0.29) is 5.91 Å². The van der Waals surface area contributed by atoms with Gasteiger partial charge in [0.1, 0.15) is 0 Å². The van der Waals surface area contributed by atoms with Crippen LogP contribution in [0.1, 0.15) is 12.0 Å². The molecule has 30 heavy (non-hydrogen) atoms. The van der Waals surface area contributed by atoms with Crippen LogP contribution in [0, 0.1) is 0 Å². The summed E-state index contributed by atoms with van der Waals surface area (Å²) in [5.41, 5.74) is 1.92. The van der Waals surface area contributed by atoms with Crippen LogP contribution < -0.4 is 4.90 Å². The van der Waals surface area contributed by atoms with Crippen molar-refractivity contribution in [1.82, 2.24) is 9.97 Å². The summed E-state index contributed by atoms with van der Waals surface area (Å²) in [7, 11) is 0. The molecule has 0 saturated carbocycles. The maximum absolute atomic E-state index is 13.2.